The SMILES string of the molecule is CCN1CCCC1CNC(=NC)NCCCCc1ccc([N+](=O)[O-])cc1. The summed E-state index contributed by atoms with van der Waals surface area (Å²) in [6.45, 7) is 6.35. The summed E-state index contributed by atoms with van der Waals surface area (Å²) < 4.78 is 0. The zero-order valence-electron chi connectivity index (χ0n) is 15.9. The van der Waals surface area contributed by atoms with Gasteiger partial charge in [0.1, 0.15) is 0 Å². The van der Waals surface area contributed by atoms with Crippen molar-refractivity contribution in [3.63, 3.8) is 0 Å². The number of aryl methyl sites for hydroxylation is 1. The van der Waals surface area contributed by atoms with Crippen molar-refractivity contribution < 1.29 is 4.92 Å². The quantitative estimate of drug-likeness (QED) is 0.232. The Kier molecular flexibility index (Phi) is 8.34. The summed E-state index contributed by atoms with van der Waals surface area (Å²) in [4.78, 5) is 17.1. The van der Waals surface area contributed by atoms with E-state index < -0.39 is 0 Å². The highest BCUT2D eigenvalue weighted by atomic mass is 16.6. The molecule has 1 heterocycles. The summed E-state index contributed by atoms with van der Waals surface area (Å²) in [6, 6.07) is 7.44. The number of hydrogen-bond donors (Lipinski definition) is 2. The van der Waals surface area contributed by atoms with E-state index in [1.54, 1.807) is 19.2 Å². The van der Waals surface area contributed by atoms with Crippen LogP contribution in [0, 0.1) is 10.1 Å². The fourth-order valence-electron chi connectivity index (χ4n) is 3.42. The van der Waals surface area contributed by atoms with Gasteiger partial charge in [0.2, 0.25) is 0 Å². The van der Waals surface area contributed by atoms with E-state index in [4.69, 9.17) is 0 Å². The van der Waals surface area contributed by atoms with Gasteiger partial charge in [-0.1, -0.05) is 19.1 Å². The van der Waals surface area contributed by atoms with Gasteiger partial charge in [0.25, 0.3) is 5.69 Å². The Morgan fingerprint density at radius 1 is 1.31 bits per heavy atom. The molecule has 2 N–H and O–H groups in total. The first-order chi connectivity index (χ1) is 12.6. The third-order valence-corrected chi connectivity index (χ3v) is 4.97. The Labute approximate surface area is 156 Å². The van der Waals surface area contributed by atoms with Crippen LogP contribution in [0.5, 0.6) is 0 Å². The second kappa shape index (κ2) is 10.8. The van der Waals surface area contributed by atoms with Gasteiger partial charge < -0.3 is 10.6 Å². The number of nitro benzene ring substituents is 1. The Morgan fingerprint density at radius 3 is 2.73 bits per heavy atom. The zero-order valence-corrected chi connectivity index (χ0v) is 15.9. The topological polar surface area (TPSA) is 82.8 Å². The number of nitrogens with zero attached hydrogens (tertiary/aromatic N) is 3. The molecule has 1 aliphatic rings. The lowest BCUT2D eigenvalue weighted by atomic mass is 10.1. The number of likely N-dealkylation sites (tertiary alicyclic amines) is 1. The Hall–Kier alpha value is -2.15. The molecule has 0 saturated carbocycles. The molecule has 7 heteroatoms. The number of rotatable bonds is 9. The van der Waals surface area contributed by atoms with Crippen molar-refractivity contribution in [2.24, 2.45) is 4.99 Å². The molecule has 1 aromatic carbocycles. The first-order valence-corrected chi connectivity index (χ1v) is 9.56. The first-order valence-electron chi connectivity index (χ1n) is 9.56. The van der Waals surface area contributed by atoms with Crippen LogP contribution in [0.15, 0.2) is 29.3 Å². The highest BCUT2D eigenvalue weighted by Crippen LogP contribution is 2.15. The molecule has 1 saturated heterocycles. The summed E-state index contributed by atoms with van der Waals surface area (Å²) in [6.07, 6.45) is 5.54. The smallest absolute Gasteiger partial charge is 0.269 e. The summed E-state index contributed by atoms with van der Waals surface area (Å²) in [5, 5.41) is 17.5. The van der Waals surface area contributed by atoms with E-state index in [1.807, 2.05) is 12.1 Å². The number of aliphatic imine (C=N–C) groups is 1. The Bertz CT molecular complexity index is 588. The molecule has 26 heavy (non-hydrogen) atoms. The second-order valence-corrected chi connectivity index (χ2v) is 6.69. The van der Waals surface area contributed by atoms with E-state index in [2.05, 4.69) is 27.4 Å². The number of likely N-dealkylation sites (N-methyl/N-ethyl adjacent to an activating group) is 1. The molecule has 0 radical (unpaired) electrons. The standard InChI is InChI=1S/C19H31N5O2/c1-3-23-14-6-8-18(23)15-22-19(20-2)21-13-5-4-7-16-9-11-17(12-10-16)24(25)26/h9-12,18H,3-8,13-15H2,1-2H3,(H2,20,21,22). The molecule has 0 bridgehead atoms. The van der Waals surface area contributed by atoms with Gasteiger partial charge in [-0.25, -0.2) is 0 Å². The van der Waals surface area contributed by atoms with Gasteiger partial charge in [-0.2, -0.15) is 0 Å². The molecule has 1 aliphatic heterocycles. The van der Waals surface area contributed by atoms with Crippen LogP contribution in [0.2, 0.25) is 0 Å². The van der Waals surface area contributed by atoms with E-state index >= 15 is 0 Å². The van der Waals surface area contributed by atoms with Gasteiger partial charge in [0.05, 0.1) is 4.92 Å². The molecule has 1 aromatic rings. The van der Waals surface area contributed by atoms with Crippen LogP contribution < -0.4 is 10.6 Å². The summed E-state index contributed by atoms with van der Waals surface area (Å²) in [5.74, 6) is 0.864. The molecular weight excluding hydrogens is 330 g/mol. The third-order valence-electron chi connectivity index (χ3n) is 4.97. The zero-order chi connectivity index (χ0) is 18.8. The van der Waals surface area contributed by atoms with Crippen LogP contribution in [-0.4, -0.2) is 55.1 Å². The van der Waals surface area contributed by atoms with Crippen molar-refractivity contribution in [2.75, 3.05) is 33.2 Å². The van der Waals surface area contributed by atoms with Gasteiger partial charge >= 0.3 is 0 Å². The number of hydrogen-bond acceptors (Lipinski definition) is 4. The number of unbranched alkanes of at least 4 members (excludes halogenated alkanes) is 1. The molecule has 0 aromatic heterocycles. The number of nitro groups is 1. The first kappa shape index (κ1) is 20.2. The molecule has 0 spiro atoms. The molecule has 0 aliphatic carbocycles. The van der Waals surface area contributed by atoms with Crippen LogP contribution in [0.3, 0.4) is 0 Å². The van der Waals surface area contributed by atoms with Gasteiger partial charge in [-0.15, -0.1) is 0 Å². The maximum absolute atomic E-state index is 10.7. The van der Waals surface area contributed by atoms with Gasteiger partial charge in [-0.3, -0.25) is 20.0 Å². The molecule has 7 nitrogen and oxygen atoms in total. The normalized spacial score (nSPS) is 18.1. The Morgan fingerprint density at radius 2 is 2.08 bits per heavy atom. The van der Waals surface area contributed by atoms with E-state index in [-0.39, 0.29) is 10.6 Å². The number of non-ortho nitro benzene ring substituents is 1. The van der Waals surface area contributed by atoms with Crippen molar-refractivity contribution in [3.8, 4) is 0 Å². The lowest BCUT2D eigenvalue weighted by Crippen LogP contribution is -2.45. The van der Waals surface area contributed by atoms with E-state index in [9.17, 15) is 10.1 Å². The van der Waals surface area contributed by atoms with E-state index in [1.165, 1.54) is 19.4 Å². The predicted octanol–water partition coefficient (Wildman–Crippen LogP) is 2.57. The molecule has 0 amide bonds. The van der Waals surface area contributed by atoms with Crippen LogP contribution in [0.25, 0.3) is 0 Å². The lowest BCUT2D eigenvalue weighted by Gasteiger charge is -2.24. The monoisotopic (exact) mass is 361 g/mol. The van der Waals surface area contributed by atoms with Gasteiger partial charge in [0, 0.05) is 38.3 Å². The highest BCUT2D eigenvalue weighted by Gasteiger charge is 2.22. The molecule has 1 fully saturated rings. The molecule has 144 valence electrons. The largest absolute Gasteiger partial charge is 0.356 e. The van der Waals surface area contributed by atoms with E-state index in [0.29, 0.717) is 6.04 Å². The molecule has 2 rings (SSSR count). The summed E-state index contributed by atoms with van der Waals surface area (Å²) in [7, 11) is 1.80. The molecule has 1 atom stereocenters. The highest BCUT2D eigenvalue weighted by molar-refractivity contribution is 5.79. The van der Waals surface area contributed by atoms with Crippen LogP contribution in [0.1, 0.15) is 38.2 Å². The minimum atomic E-state index is -0.363. The molecular formula is C19H31N5O2. The van der Waals surface area contributed by atoms with Gasteiger partial charge in [-0.05, 0) is 50.8 Å². The number of nitrogens with one attached hydrogen (secondary N) is 2. The number of guanidine groups is 1. The average molecular weight is 361 g/mol. The van der Waals surface area contributed by atoms with Crippen LogP contribution in [-0.2, 0) is 6.42 Å². The van der Waals surface area contributed by atoms with Crippen molar-refractivity contribution >= 4 is 11.6 Å². The summed E-state index contributed by atoms with van der Waals surface area (Å²) >= 11 is 0. The fraction of sp³-hybridized carbons (Fsp3) is 0.632. The lowest BCUT2D eigenvalue weighted by molar-refractivity contribution is -0.384. The summed E-state index contributed by atoms with van der Waals surface area (Å²) in [5.41, 5.74) is 1.29. The second-order valence-electron chi connectivity index (χ2n) is 6.69. The van der Waals surface area contributed by atoms with Gasteiger partial charge in [0.15, 0.2) is 5.96 Å². The maximum Gasteiger partial charge on any atom is 0.269 e. The maximum atomic E-state index is 10.7. The van der Waals surface area contributed by atoms with Crippen molar-refractivity contribution in [1.29, 1.82) is 0 Å². The molecule has 1 unspecified atom stereocenters. The van der Waals surface area contributed by atoms with Crippen molar-refractivity contribution in [3.05, 3.63) is 39.9 Å². The number of benzene rings is 1. The third kappa shape index (κ3) is 6.29. The van der Waals surface area contributed by atoms with Crippen LogP contribution in [0.4, 0.5) is 5.69 Å². The van der Waals surface area contributed by atoms with E-state index in [0.717, 1.165) is 50.4 Å². The van der Waals surface area contributed by atoms with Crippen molar-refractivity contribution in [1.82, 2.24) is 15.5 Å². The Balaban J connectivity index is 1.61. The van der Waals surface area contributed by atoms with Crippen molar-refractivity contribution in [2.45, 2.75) is 45.1 Å². The minimum Gasteiger partial charge on any atom is -0.356 e. The predicted molar refractivity (Wildman–Crippen MR) is 106 cm³/mol. The van der Waals surface area contributed by atoms with Crippen LogP contribution >= 0.6 is 0 Å². The minimum absolute atomic E-state index is 0.147. The fourth-order valence-corrected chi connectivity index (χ4v) is 3.42. The average Bonchev–Trinajstić information content (AvgIpc) is 3.12.